The monoisotopic (exact) mass is 288 g/mol. The van der Waals surface area contributed by atoms with Crippen LogP contribution in [0.15, 0.2) is 30.7 Å². The Hall–Kier alpha value is -2.01. The molecule has 0 aliphatic carbocycles. The third-order valence-corrected chi connectivity index (χ3v) is 3.87. The number of ether oxygens (including phenoxy) is 2. The summed E-state index contributed by atoms with van der Waals surface area (Å²) in [7, 11) is 1.62. The van der Waals surface area contributed by atoms with Crippen LogP contribution in [0.1, 0.15) is 49.8 Å². The van der Waals surface area contributed by atoms with E-state index in [-0.39, 0.29) is 6.10 Å². The van der Waals surface area contributed by atoms with Crippen molar-refractivity contribution in [1.82, 2.24) is 9.55 Å². The van der Waals surface area contributed by atoms with E-state index in [0.717, 1.165) is 17.0 Å². The zero-order valence-corrected chi connectivity index (χ0v) is 12.5. The van der Waals surface area contributed by atoms with Crippen molar-refractivity contribution in [2.24, 2.45) is 0 Å². The third-order valence-electron chi connectivity index (χ3n) is 3.87. The van der Waals surface area contributed by atoms with Gasteiger partial charge in [-0.05, 0) is 26.0 Å². The van der Waals surface area contributed by atoms with Gasteiger partial charge in [0.2, 0.25) is 0 Å². The first-order chi connectivity index (χ1) is 10.1. The molecule has 0 amide bonds. The van der Waals surface area contributed by atoms with Crippen molar-refractivity contribution in [3.8, 4) is 11.5 Å². The Labute approximate surface area is 124 Å². The lowest BCUT2D eigenvalue weighted by atomic mass is 9.97. The lowest BCUT2D eigenvalue weighted by Gasteiger charge is -2.30. The van der Waals surface area contributed by atoms with Crippen LogP contribution < -0.4 is 9.47 Å². The minimum atomic E-state index is -0.542. The predicted octanol–water partition coefficient (Wildman–Crippen LogP) is 3.03. The van der Waals surface area contributed by atoms with Crippen LogP contribution in [-0.2, 0) is 0 Å². The largest absolute Gasteiger partial charge is 0.497 e. The maximum Gasteiger partial charge on any atom is 0.143 e. The van der Waals surface area contributed by atoms with E-state index in [1.165, 1.54) is 0 Å². The van der Waals surface area contributed by atoms with Gasteiger partial charge in [-0.2, -0.15) is 0 Å². The second kappa shape index (κ2) is 5.41. The second-order valence-electron chi connectivity index (χ2n) is 5.58. The molecule has 3 rings (SSSR count). The zero-order valence-electron chi connectivity index (χ0n) is 12.5. The number of methoxy groups -OCH3 is 1. The van der Waals surface area contributed by atoms with Gasteiger partial charge in [-0.1, -0.05) is 0 Å². The smallest absolute Gasteiger partial charge is 0.143 e. The number of nitrogens with zero attached hydrogens (tertiary/aromatic N) is 2. The van der Waals surface area contributed by atoms with Crippen LogP contribution >= 0.6 is 0 Å². The predicted molar refractivity (Wildman–Crippen MR) is 78.6 cm³/mol. The molecule has 0 saturated heterocycles. The maximum atomic E-state index is 10.4. The first-order valence-corrected chi connectivity index (χ1v) is 7.14. The molecule has 1 N–H and O–H groups in total. The minimum Gasteiger partial charge on any atom is -0.497 e. The number of hydrogen-bond donors (Lipinski definition) is 1. The van der Waals surface area contributed by atoms with Crippen LogP contribution in [0, 0.1) is 0 Å². The fourth-order valence-corrected chi connectivity index (χ4v) is 2.73. The van der Waals surface area contributed by atoms with E-state index >= 15 is 0 Å². The highest BCUT2D eigenvalue weighted by molar-refractivity contribution is 5.43. The molecule has 1 aliphatic rings. The lowest BCUT2D eigenvalue weighted by molar-refractivity contribution is 0.0611. The van der Waals surface area contributed by atoms with E-state index < -0.39 is 6.10 Å². The molecule has 1 aliphatic heterocycles. The molecule has 0 fully saturated rings. The Morgan fingerprint density at radius 1 is 1.43 bits per heavy atom. The van der Waals surface area contributed by atoms with Crippen molar-refractivity contribution < 1.29 is 14.6 Å². The van der Waals surface area contributed by atoms with Gasteiger partial charge in [0.05, 0.1) is 31.4 Å². The Morgan fingerprint density at radius 3 is 2.95 bits per heavy atom. The highest BCUT2D eigenvalue weighted by Gasteiger charge is 2.30. The maximum absolute atomic E-state index is 10.4. The van der Waals surface area contributed by atoms with Crippen molar-refractivity contribution in [3.05, 3.63) is 42.0 Å². The number of aliphatic hydroxyl groups is 1. The quantitative estimate of drug-likeness (QED) is 0.943. The first-order valence-electron chi connectivity index (χ1n) is 7.14. The van der Waals surface area contributed by atoms with Crippen LogP contribution in [-0.4, -0.2) is 21.8 Å². The standard InChI is InChI=1S/C16H20N2O3/c1-10(2)18-9-17-8-13(18)16-7-14(19)12-5-4-11(20-3)6-15(12)21-16/h4-6,8-10,14,16,19H,7H2,1-3H3. The van der Waals surface area contributed by atoms with Crippen LogP contribution in [0.5, 0.6) is 11.5 Å². The van der Waals surface area contributed by atoms with Crippen molar-refractivity contribution in [3.63, 3.8) is 0 Å². The molecule has 0 radical (unpaired) electrons. The number of rotatable bonds is 3. The molecule has 5 heteroatoms. The van der Waals surface area contributed by atoms with Gasteiger partial charge in [0, 0.05) is 24.1 Å². The molecule has 5 nitrogen and oxygen atoms in total. The SMILES string of the molecule is COc1ccc2c(c1)OC(c1cncn1C(C)C)CC2O. The van der Waals surface area contributed by atoms with Crippen LogP contribution in [0.2, 0.25) is 0 Å². The van der Waals surface area contributed by atoms with E-state index in [0.29, 0.717) is 18.2 Å². The summed E-state index contributed by atoms with van der Waals surface area (Å²) in [6, 6.07) is 5.81. The van der Waals surface area contributed by atoms with E-state index in [1.807, 2.05) is 24.4 Å². The van der Waals surface area contributed by atoms with Crippen molar-refractivity contribution in [2.45, 2.75) is 38.5 Å². The summed E-state index contributed by atoms with van der Waals surface area (Å²) in [4.78, 5) is 4.21. The molecule has 0 saturated carbocycles. The highest BCUT2D eigenvalue weighted by Crippen LogP contribution is 2.42. The van der Waals surface area contributed by atoms with E-state index in [9.17, 15) is 5.11 Å². The molecule has 1 aromatic heterocycles. The van der Waals surface area contributed by atoms with E-state index in [1.54, 1.807) is 13.4 Å². The van der Waals surface area contributed by atoms with Gasteiger partial charge in [-0.3, -0.25) is 0 Å². The molecular formula is C16H20N2O3. The molecule has 0 bridgehead atoms. The normalized spacial score (nSPS) is 21.0. The summed E-state index contributed by atoms with van der Waals surface area (Å²) in [5, 5.41) is 10.4. The van der Waals surface area contributed by atoms with Gasteiger partial charge in [0.1, 0.15) is 17.6 Å². The molecule has 2 unspecified atom stereocenters. The number of aromatic nitrogens is 2. The average Bonchev–Trinajstić information content (AvgIpc) is 2.96. The fourth-order valence-electron chi connectivity index (χ4n) is 2.73. The van der Waals surface area contributed by atoms with Crippen LogP contribution in [0.3, 0.4) is 0 Å². The summed E-state index contributed by atoms with van der Waals surface area (Å²) in [5.74, 6) is 1.40. The summed E-state index contributed by atoms with van der Waals surface area (Å²) >= 11 is 0. The first kappa shape index (κ1) is 13.9. The fraction of sp³-hybridized carbons (Fsp3) is 0.438. The minimum absolute atomic E-state index is 0.204. The summed E-state index contributed by atoms with van der Waals surface area (Å²) < 4.78 is 13.4. The number of benzene rings is 1. The van der Waals surface area contributed by atoms with Gasteiger partial charge >= 0.3 is 0 Å². The number of fused-ring (bicyclic) bond motifs is 1. The highest BCUT2D eigenvalue weighted by atomic mass is 16.5. The van der Waals surface area contributed by atoms with Crippen molar-refractivity contribution in [2.75, 3.05) is 7.11 Å². The van der Waals surface area contributed by atoms with Gasteiger partial charge in [0.15, 0.2) is 0 Å². The summed E-state index contributed by atoms with van der Waals surface area (Å²) in [6.07, 6.45) is 3.39. The van der Waals surface area contributed by atoms with Gasteiger partial charge in [-0.25, -0.2) is 4.98 Å². The molecule has 0 spiro atoms. The summed E-state index contributed by atoms with van der Waals surface area (Å²) in [6.45, 7) is 4.20. The molecule has 1 aromatic carbocycles. The van der Waals surface area contributed by atoms with Crippen LogP contribution in [0.4, 0.5) is 0 Å². The van der Waals surface area contributed by atoms with E-state index in [4.69, 9.17) is 9.47 Å². The number of imidazole rings is 1. The number of hydrogen-bond acceptors (Lipinski definition) is 4. The van der Waals surface area contributed by atoms with Gasteiger partial charge in [-0.15, -0.1) is 0 Å². The molecule has 2 aromatic rings. The average molecular weight is 288 g/mol. The lowest BCUT2D eigenvalue weighted by Crippen LogP contribution is -2.22. The Kier molecular flexibility index (Phi) is 3.59. The van der Waals surface area contributed by atoms with Crippen LogP contribution in [0.25, 0.3) is 0 Å². The Bertz CT molecular complexity index is 636. The Morgan fingerprint density at radius 2 is 2.24 bits per heavy atom. The van der Waals surface area contributed by atoms with Crippen molar-refractivity contribution >= 4 is 0 Å². The van der Waals surface area contributed by atoms with Crippen molar-refractivity contribution in [1.29, 1.82) is 0 Å². The van der Waals surface area contributed by atoms with E-state index in [2.05, 4.69) is 23.4 Å². The molecule has 112 valence electrons. The molecule has 2 heterocycles. The number of aliphatic hydroxyl groups excluding tert-OH is 1. The third kappa shape index (κ3) is 2.49. The zero-order chi connectivity index (χ0) is 15.0. The molecule has 21 heavy (non-hydrogen) atoms. The summed E-state index contributed by atoms with van der Waals surface area (Å²) in [5.41, 5.74) is 1.79. The Balaban J connectivity index is 1.95. The topological polar surface area (TPSA) is 56.5 Å². The second-order valence-corrected chi connectivity index (χ2v) is 5.58. The molecular weight excluding hydrogens is 268 g/mol. The van der Waals surface area contributed by atoms with Gasteiger partial charge in [0.25, 0.3) is 0 Å². The van der Waals surface area contributed by atoms with Gasteiger partial charge < -0.3 is 19.1 Å². The molecule has 2 atom stereocenters.